The van der Waals surface area contributed by atoms with Crippen LogP contribution in [0.1, 0.15) is 6.42 Å². The fourth-order valence-electron chi connectivity index (χ4n) is 1.89. The van der Waals surface area contributed by atoms with Crippen molar-refractivity contribution >= 4 is 0 Å². The number of piperidine rings is 1. The van der Waals surface area contributed by atoms with Crippen LogP contribution in [-0.2, 0) is 0 Å². The van der Waals surface area contributed by atoms with E-state index in [2.05, 4.69) is 5.32 Å². The number of hydrogen-bond donors (Lipinski definition) is 7. The molecule has 1 rings (SSSR count). The summed E-state index contributed by atoms with van der Waals surface area (Å²) in [6, 6.07) is -1.44. The molecule has 0 amide bonds. The van der Waals surface area contributed by atoms with Crippen molar-refractivity contribution < 1.29 is 30.6 Å². The highest BCUT2D eigenvalue weighted by molar-refractivity contribution is 4.98. The van der Waals surface area contributed by atoms with Crippen LogP contribution in [0.3, 0.4) is 0 Å². The van der Waals surface area contributed by atoms with Crippen molar-refractivity contribution in [2.75, 3.05) is 13.2 Å². The second-order valence-electron chi connectivity index (χ2n) is 4.11. The Balaban J connectivity index is 2.63. The van der Waals surface area contributed by atoms with Gasteiger partial charge in [0.2, 0.25) is 0 Å². The molecule has 0 saturated carbocycles. The minimum Gasteiger partial charge on any atom is -0.395 e. The predicted octanol–water partition coefficient (Wildman–Crippen LogP) is -3.85. The van der Waals surface area contributed by atoms with Crippen molar-refractivity contribution in [3.05, 3.63) is 0 Å². The predicted molar refractivity (Wildman–Crippen MR) is 53.5 cm³/mol. The van der Waals surface area contributed by atoms with Gasteiger partial charge in [0, 0.05) is 6.04 Å². The summed E-state index contributed by atoms with van der Waals surface area (Å²) in [5.74, 6) is 0. The van der Waals surface area contributed by atoms with Gasteiger partial charge in [-0.05, 0) is 6.42 Å². The fourth-order valence-corrected chi connectivity index (χ4v) is 1.89. The zero-order chi connectivity index (χ0) is 12.3. The SMILES string of the molecule is OCC(O)C[C@H]1N[C@@H](CO)[C@@H](O)[C@H](O)[C@H]1O. The monoisotopic (exact) mass is 237 g/mol. The molecule has 0 aromatic rings. The van der Waals surface area contributed by atoms with E-state index in [0.717, 1.165) is 0 Å². The van der Waals surface area contributed by atoms with Gasteiger partial charge in [-0.25, -0.2) is 0 Å². The third-order valence-corrected chi connectivity index (χ3v) is 2.89. The maximum absolute atomic E-state index is 9.62. The Labute approximate surface area is 93.0 Å². The summed E-state index contributed by atoms with van der Waals surface area (Å²) >= 11 is 0. The van der Waals surface area contributed by atoms with E-state index in [1.165, 1.54) is 0 Å². The minimum atomic E-state index is -1.38. The van der Waals surface area contributed by atoms with E-state index in [1.54, 1.807) is 0 Å². The standard InChI is InChI=1S/C9H19NO6/c11-2-4(13)1-5-7(14)9(16)8(15)6(3-12)10-5/h4-16H,1-3H2/t4?,5-,6+,7+,8-,9-/m1/s1. The molecule has 1 heterocycles. The smallest absolute Gasteiger partial charge is 0.109 e. The second-order valence-corrected chi connectivity index (χ2v) is 4.11. The number of aliphatic hydroxyl groups excluding tert-OH is 6. The Morgan fingerprint density at radius 3 is 2.00 bits per heavy atom. The van der Waals surface area contributed by atoms with E-state index >= 15 is 0 Å². The molecule has 7 nitrogen and oxygen atoms in total. The van der Waals surface area contributed by atoms with E-state index in [0.29, 0.717) is 0 Å². The van der Waals surface area contributed by atoms with E-state index in [1.807, 2.05) is 0 Å². The molecule has 1 fully saturated rings. The van der Waals surface area contributed by atoms with Gasteiger partial charge in [-0.1, -0.05) is 0 Å². The van der Waals surface area contributed by atoms with E-state index < -0.39 is 49.7 Å². The molecule has 7 heteroatoms. The van der Waals surface area contributed by atoms with Crippen LogP contribution in [-0.4, -0.2) is 80.4 Å². The van der Waals surface area contributed by atoms with Crippen LogP contribution < -0.4 is 5.32 Å². The molecule has 0 radical (unpaired) electrons. The zero-order valence-electron chi connectivity index (χ0n) is 8.77. The summed E-state index contributed by atoms with van der Waals surface area (Å²) in [6.45, 7) is -0.843. The van der Waals surface area contributed by atoms with Crippen LogP contribution in [0, 0.1) is 0 Å². The highest BCUT2D eigenvalue weighted by Gasteiger charge is 2.42. The average Bonchev–Trinajstić information content (AvgIpc) is 2.29. The topological polar surface area (TPSA) is 133 Å². The summed E-state index contributed by atoms with van der Waals surface area (Å²) in [5, 5.41) is 58.2. The van der Waals surface area contributed by atoms with Gasteiger partial charge < -0.3 is 36.0 Å². The largest absolute Gasteiger partial charge is 0.395 e. The number of nitrogens with one attached hydrogen (secondary N) is 1. The maximum atomic E-state index is 9.62. The normalized spacial score (nSPS) is 42.0. The van der Waals surface area contributed by atoms with Crippen molar-refractivity contribution in [2.45, 2.75) is 42.9 Å². The summed E-state index contributed by atoms with van der Waals surface area (Å²) in [7, 11) is 0. The minimum absolute atomic E-state index is 0.0257. The molecule has 1 saturated heterocycles. The fraction of sp³-hybridized carbons (Fsp3) is 1.00. The van der Waals surface area contributed by atoms with Gasteiger partial charge in [-0.2, -0.15) is 0 Å². The molecule has 0 aromatic heterocycles. The molecule has 16 heavy (non-hydrogen) atoms. The molecule has 1 aliphatic heterocycles. The lowest BCUT2D eigenvalue weighted by Gasteiger charge is -2.41. The van der Waals surface area contributed by atoms with Crippen molar-refractivity contribution in [1.29, 1.82) is 0 Å². The van der Waals surface area contributed by atoms with Crippen LogP contribution >= 0.6 is 0 Å². The maximum Gasteiger partial charge on any atom is 0.109 e. The first-order chi connectivity index (χ1) is 7.51. The highest BCUT2D eigenvalue weighted by atomic mass is 16.4. The Bertz CT molecular complexity index is 214. The van der Waals surface area contributed by atoms with Crippen molar-refractivity contribution in [2.24, 2.45) is 0 Å². The van der Waals surface area contributed by atoms with Crippen molar-refractivity contribution in [1.82, 2.24) is 5.32 Å². The summed E-state index contributed by atoms with van der Waals surface area (Å²) in [6.07, 6.45) is -4.89. The van der Waals surface area contributed by atoms with Crippen LogP contribution in [0.2, 0.25) is 0 Å². The number of hydrogen-bond acceptors (Lipinski definition) is 7. The quantitative estimate of drug-likeness (QED) is 0.266. The highest BCUT2D eigenvalue weighted by Crippen LogP contribution is 2.18. The molecule has 96 valence electrons. The first kappa shape index (κ1) is 13.8. The third kappa shape index (κ3) is 2.89. The summed E-state index contributed by atoms with van der Waals surface area (Å²) in [4.78, 5) is 0. The van der Waals surface area contributed by atoms with Gasteiger partial charge in [-0.3, -0.25) is 0 Å². The van der Waals surface area contributed by atoms with E-state index in [-0.39, 0.29) is 6.42 Å². The lowest BCUT2D eigenvalue weighted by Crippen LogP contribution is -2.66. The first-order valence-electron chi connectivity index (χ1n) is 5.21. The summed E-state index contributed by atoms with van der Waals surface area (Å²) < 4.78 is 0. The van der Waals surface area contributed by atoms with E-state index in [9.17, 15) is 20.4 Å². The molecular formula is C9H19NO6. The van der Waals surface area contributed by atoms with Crippen molar-refractivity contribution in [3.63, 3.8) is 0 Å². The van der Waals surface area contributed by atoms with Gasteiger partial charge in [0.1, 0.15) is 6.10 Å². The van der Waals surface area contributed by atoms with Crippen LogP contribution in [0.15, 0.2) is 0 Å². The van der Waals surface area contributed by atoms with Crippen LogP contribution in [0.25, 0.3) is 0 Å². The lowest BCUT2D eigenvalue weighted by molar-refractivity contribution is -0.125. The Kier molecular flexibility index (Phi) is 5.06. The number of aliphatic hydroxyl groups is 6. The number of rotatable bonds is 4. The van der Waals surface area contributed by atoms with E-state index in [4.69, 9.17) is 10.2 Å². The second kappa shape index (κ2) is 5.87. The Hall–Kier alpha value is -0.280. The molecule has 6 atom stereocenters. The zero-order valence-corrected chi connectivity index (χ0v) is 8.77. The summed E-state index contributed by atoms with van der Waals surface area (Å²) in [5.41, 5.74) is 0. The molecule has 1 aliphatic rings. The molecule has 1 unspecified atom stereocenters. The molecule has 0 spiro atoms. The van der Waals surface area contributed by atoms with Gasteiger partial charge in [0.05, 0.1) is 37.6 Å². The van der Waals surface area contributed by atoms with Gasteiger partial charge in [0.25, 0.3) is 0 Å². The lowest BCUT2D eigenvalue weighted by atomic mass is 9.88. The molecular weight excluding hydrogens is 218 g/mol. The first-order valence-corrected chi connectivity index (χ1v) is 5.21. The molecule has 0 bridgehead atoms. The third-order valence-electron chi connectivity index (χ3n) is 2.89. The average molecular weight is 237 g/mol. The Morgan fingerprint density at radius 2 is 1.50 bits per heavy atom. The van der Waals surface area contributed by atoms with Gasteiger partial charge in [-0.15, -0.1) is 0 Å². The molecule has 7 N–H and O–H groups in total. The van der Waals surface area contributed by atoms with Crippen LogP contribution in [0.5, 0.6) is 0 Å². The van der Waals surface area contributed by atoms with Gasteiger partial charge >= 0.3 is 0 Å². The van der Waals surface area contributed by atoms with Crippen LogP contribution in [0.4, 0.5) is 0 Å². The van der Waals surface area contributed by atoms with Crippen molar-refractivity contribution in [3.8, 4) is 0 Å². The Morgan fingerprint density at radius 1 is 0.938 bits per heavy atom. The molecule has 0 aliphatic carbocycles. The van der Waals surface area contributed by atoms with Gasteiger partial charge in [0.15, 0.2) is 0 Å². The molecule has 0 aromatic carbocycles.